The van der Waals surface area contributed by atoms with Gasteiger partial charge in [0.15, 0.2) is 10.9 Å². The molecule has 1 N–H and O–H groups in total. The minimum absolute atomic E-state index is 0.106. The maximum Gasteiger partial charge on any atom is 0.270 e. The zero-order valence-corrected chi connectivity index (χ0v) is 23.3. The summed E-state index contributed by atoms with van der Waals surface area (Å²) in [6, 6.07) is 31.7. The zero-order chi connectivity index (χ0) is 27.9. The highest BCUT2D eigenvalue weighted by molar-refractivity contribution is 8.27. The molecule has 1 aliphatic rings. The number of hydrogen-bond acceptors (Lipinski definition) is 6. The summed E-state index contributed by atoms with van der Waals surface area (Å²) in [5, 5.41) is 2.89. The van der Waals surface area contributed by atoms with Crippen molar-refractivity contribution in [3.05, 3.63) is 119 Å². The average molecular weight is 567 g/mol. The molecular weight excluding hydrogens is 540 g/mol. The van der Waals surface area contributed by atoms with Gasteiger partial charge in [0.2, 0.25) is 0 Å². The molecule has 0 bridgehead atoms. The van der Waals surface area contributed by atoms with Crippen molar-refractivity contribution < 1.29 is 19.1 Å². The number of ether oxygens (including phenoxy) is 2. The van der Waals surface area contributed by atoms with Gasteiger partial charge in [-0.1, -0.05) is 79.4 Å². The maximum atomic E-state index is 13.2. The fourth-order valence-electron chi connectivity index (χ4n) is 4.08. The van der Waals surface area contributed by atoms with Crippen LogP contribution in [-0.2, 0) is 16.0 Å². The highest BCUT2D eigenvalue weighted by atomic mass is 32.2. The summed E-state index contributed by atoms with van der Waals surface area (Å²) >= 11 is 6.76. The number of aryl methyl sites for hydroxylation is 1. The fourth-order valence-corrected chi connectivity index (χ4v) is 5.37. The molecule has 2 amide bonds. The van der Waals surface area contributed by atoms with Crippen LogP contribution < -0.4 is 19.7 Å². The summed E-state index contributed by atoms with van der Waals surface area (Å²) in [7, 11) is 0. The van der Waals surface area contributed by atoms with Crippen LogP contribution in [0.1, 0.15) is 18.1 Å². The number of nitrogens with one attached hydrogen (secondary N) is 1. The predicted octanol–water partition coefficient (Wildman–Crippen LogP) is 7.46. The van der Waals surface area contributed by atoms with Gasteiger partial charge >= 0.3 is 0 Å². The number of carbonyl (C=O) groups is 2. The molecule has 0 aliphatic carbocycles. The molecule has 0 spiro atoms. The van der Waals surface area contributed by atoms with E-state index in [0.717, 1.165) is 29.0 Å². The largest absolute Gasteiger partial charge is 0.484 e. The standard InChI is InChI=1S/C32H26N2O4S2/c1-2-23-8-6-7-11-28(23)33-30(35)21-37-25-16-12-22(13-17-25)20-29-31(36)34(32(39)40-29)24-14-18-27(19-15-24)38-26-9-4-3-5-10-26/h3-20H,2,21H2,1H3,(H,33,35)/b29-20-. The summed E-state index contributed by atoms with van der Waals surface area (Å²) in [6.07, 6.45) is 2.62. The van der Waals surface area contributed by atoms with Crippen LogP contribution in [0.2, 0.25) is 0 Å². The van der Waals surface area contributed by atoms with Gasteiger partial charge in [-0.3, -0.25) is 14.5 Å². The van der Waals surface area contributed by atoms with Crippen molar-refractivity contribution in [3.63, 3.8) is 0 Å². The molecule has 0 radical (unpaired) electrons. The van der Waals surface area contributed by atoms with Crippen LogP contribution in [0.5, 0.6) is 17.2 Å². The van der Waals surface area contributed by atoms with Gasteiger partial charge in [-0.05, 0) is 78.2 Å². The van der Waals surface area contributed by atoms with E-state index in [9.17, 15) is 9.59 Å². The second-order valence-corrected chi connectivity index (χ2v) is 10.5. The molecular formula is C32H26N2O4S2. The van der Waals surface area contributed by atoms with Gasteiger partial charge in [-0.15, -0.1) is 0 Å². The second-order valence-electron chi connectivity index (χ2n) is 8.84. The lowest BCUT2D eigenvalue weighted by molar-refractivity contribution is -0.118. The van der Waals surface area contributed by atoms with E-state index in [1.54, 1.807) is 18.2 Å². The molecule has 1 aliphatic heterocycles. The summed E-state index contributed by atoms with van der Waals surface area (Å²) in [5.41, 5.74) is 3.36. The van der Waals surface area contributed by atoms with E-state index in [0.29, 0.717) is 26.4 Å². The first-order valence-corrected chi connectivity index (χ1v) is 13.9. The summed E-state index contributed by atoms with van der Waals surface area (Å²) in [5.74, 6) is 1.55. The first-order valence-electron chi connectivity index (χ1n) is 12.7. The number of thiocarbonyl (C=S) groups is 1. The quantitative estimate of drug-likeness (QED) is 0.168. The number of nitrogens with zero attached hydrogens (tertiary/aromatic N) is 1. The minimum atomic E-state index is -0.228. The normalized spacial score (nSPS) is 13.9. The van der Waals surface area contributed by atoms with Crippen LogP contribution >= 0.6 is 24.0 Å². The third-order valence-corrected chi connectivity index (χ3v) is 7.39. The molecule has 200 valence electrons. The number of anilines is 2. The van der Waals surface area contributed by atoms with Crippen LogP contribution in [-0.4, -0.2) is 22.7 Å². The maximum absolute atomic E-state index is 13.2. The van der Waals surface area contributed by atoms with Crippen LogP contribution in [0.3, 0.4) is 0 Å². The number of hydrogen-bond donors (Lipinski definition) is 1. The Labute approximate surface area is 242 Å². The van der Waals surface area contributed by atoms with Crippen molar-refractivity contribution in [1.82, 2.24) is 0 Å². The van der Waals surface area contributed by atoms with Crippen LogP contribution in [0, 0.1) is 0 Å². The Bertz CT molecular complexity index is 1550. The first-order chi connectivity index (χ1) is 19.5. The molecule has 1 saturated heterocycles. The summed E-state index contributed by atoms with van der Waals surface area (Å²) in [6.45, 7) is 1.94. The van der Waals surface area contributed by atoms with Crippen molar-refractivity contribution >= 4 is 57.6 Å². The number of rotatable bonds is 9. The van der Waals surface area contributed by atoms with E-state index in [-0.39, 0.29) is 18.4 Å². The summed E-state index contributed by atoms with van der Waals surface area (Å²) in [4.78, 5) is 27.6. The highest BCUT2D eigenvalue weighted by Gasteiger charge is 2.33. The molecule has 4 aromatic carbocycles. The Balaban J connectivity index is 1.18. The molecule has 1 heterocycles. The molecule has 8 heteroatoms. The van der Waals surface area contributed by atoms with E-state index in [1.807, 2.05) is 97.9 Å². The molecule has 4 aromatic rings. The van der Waals surface area contributed by atoms with Gasteiger partial charge in [0.05, 0.1) is 10.6 Å². The van der Waals surface area contributed by atoms with Crippen molar-refractivity contribution in [2.45, 2.75) is 13.3 Å². The molecule has 40 heavy (non-hydrogen) atoms. The lowest BCUT2D eigenvalue weighted by atomic mass is 10.1. The summed E-state index contributed by atoms with van der Waals surface area (Å²) < 4.78 is 12.0. The monoisotopic (exact) mass is 566 g/mol. The molecule has 5 rings (SSSR count). The Hall–Kier alpha value is -4.40. The zero-order valence-electron chi connectivity index (χ0n) is 21.7. The van der Waals surface area contributed by atoms with Crippen molar-refractivity contribution in [2.75, 3.05) is 16.8 Å². The third-order valence-electron chi connectivity index (χ3n) is 6.09. The molecule has 0 aromatic heterocycles. The van der Waals surface area contributed by atoms with E-state index in [1.165, 1.54) is 16.7 Å². The molecule has 0 saturated carbocycles. The lowest BCUT2D eigenvalue weighted by Gasteiger charge is -2.15. The Morgan fingerprint density at radius 1 is 0.875 bits per heavy atom. The third kappa shape index (κ3) is 6.59. The first kappa shape index (κ1) is 27.2. The van der Waals surface area contributed by atoms with E-state index in [4.69, 9.17) is 21.7 Å². The Morgan fingerprint density at radius 2 is 1.52 bits per heavy atom. The van der Waals surface area contributed by atoms with Gasteiger partial charge in [-0.2, -0.15) is 0 Å². The van der Waals surface area contributed by atoms with E-state index in [2.05, 4.69) is 5.32 Å². The number of benzene rings is 4. The smallest absolute Gasteiger partial charge is 0.270 e. The van der Waals surface area contributed by atoms with Crippen LogP contribution in [0.15, 0.2) is 108 Å². The van der Waals surface area contributed by atoms with Gasteiger partial charge < -0.3 is 14.8 Å². The van der Waals surface area contributed by atoms with E-state index >= 15 is 0 Å². The number of amides is 2. The van der Waals surface area contributed by atoms with Gasteiger partial charge in [0, 0.05) is 5.69 Å². The highest BCUT2D eigenvalue weighted by Crippen LogP contribution is 2.37. The van der Waals surface area contributed by atoms with Crippen molar-refractivity contribution in [3.8, 4) is 17.2 Å². The molecule has 0 unspecified atom stereocenters. The SMILES string of the molecule is CCc1ccccc1NC(=O)COc1ccc(/C=C2\SC(=S)N(c3ccc(Oc4ccccc4)cc3)C2=O)cc1. The van der Waals surface area contributed by atoms with Gasteiger partial charge in [0.25, 0.3) is 11.8 Å². The average Bonchev–Trinajstić information content (AvgIpc) is 3.26. The Morgan fingerprint density at radius 3 is 2.25 bits per heavy atom. The van der Waals surface area contributed by atoms with Gasteiger partial charge in [-0.25, -0.2) is 0 Å². The van der Waals surface area contributed by atoms with E-state index < -0.39 is 0 Å². The van der Waals surface area contributed by atoms with Crippen molar-refractivity contribution in [1.29, 1.82) is 0 Å². The molecule has 6 nitrogen and oxygen atoms in total. The lowest BCUT2D eigenvalue weighted by Crippen LogP contribution is -2.27. The minimum Gasteiger partial charge on any atom is -0.484 e. The van der Waals surface area contributed by atoms with Crippen LogP contribution in [0.25, 0.3) is 6.08 Å². The van der Waals surface area contributed by atoms with Crippen LogP contribution in [0.4, 0.5) is 11.4 Å². The number of para-hydroxylation sites is 2. The molecule has 1 fully saturated rings. The second kappa shape index (κ2) is 12.6. The topological polar surface area (TPSA) is 67.9 Å². The number of carbonyl (C=O) groups excluding carboxylic acids is 2. The van der Waals surface area contributed by atoms with Gasteiger partial charge in [0.1, 0.15) is 17.2 Å². The predicted molar refractivity (Wildman–Crippen MR) is 165 cm³/mol. The Kier molecular flexibility index (Phi) is 8.59. The molecule has 0 atom stereocenters. The fraction of sp³-hybridized carbons (Fsp3) is 0.0938. The van der Waals surface area contributed by atoms with Crippen molar-refractivity contribution in [2.24, 2.45) is 0 Å². The number of thioether (sulfide) groups is 1.